The summed E-state index contributed by atoms with van der Waals surface area (Å²) in [7, 11) is 1.57. The highest BCUT2D eigenvalue weighted by Gasteiger charge is 2.30. The van der Waals surface area contributed by atoms with E-state index in [-0.39, 0.29) is 17.8 Å². The Balaban J connectivity index is 2.23. The first kappa shape index (κ1) is 15.5. The lowest BCUT2D eigenvalue weighted by Crippen LogP contribution is -2.46. The molecule has 1 aliphatic rings. The maximum Gasteiger partial charge on any atom is 0.323 e. The molecule has 7 heteroatoms. The third kappa shape index (κ3) is 3.24. The molecule has 7 nitrogen and oxygen atoms in total. The van der Waals surface area contributed by atoms with Crippen LogP contribution in [0.3, 0.4) is 0 Å². The van der Waals surface area contributed by atoms with E-state index in [1.165, 1.54) is 10.6 Å². The molecule has 21 heavy (non-hydrogen) atoms. The van der Waals surface area contributed by atoms with E-state index in [2.05, 4.69) is 5.32 Å². The van der Waals surface area contributed by atoms with Crippen LogP contribution in [0.5, 0.6) is 0 Å². The van der Waals surface area contributed by atoms with Gasteiger partial charge in [0.25, 0.3) is 5.91 Å². The van der Waals surface area contributed by atoms with Gasteiger partial charge in [0, 0.05) is 18.7 Å². The van der Waals surface area contributed by atoms with Gasteiger partial charge in [-0.3, -0.25) is 4.79 Å². The van der Waals surface area contributed by atoms with Gasteiger partial charge in [-0.05, 0) is 43.3 Å². The van der Waals surface area contributed by atoms with E-state index in [1.54, 1.807) is 13.1 Å². The summed E-state index contributed by atoms with van der Waals surface area (Å²) in [5.41, 5.74) is 0.383. The van der Waals surface area contributed by atoms with Crippen molar-refractivity contribution in [1.82, 2.24) is 14.8 Å². The van der Waals surface area contributed by atoms with Crippen molar-refractivity contribution in [3.8, 4) is 0 Å². The van der Waals surface area contributed by atoms with Crippen LogP contribution in [-0.4, -0.2) is 46.0 Å². The average molecular weight is 294 g/mol. The molecule has 1 saturated heterocycles. The van der Waals surface area contributed by atoms with Gasteiger partial charge in [-0.2, -0.15) is 0 Å². The third-order valence-corrected chi connectivity index (χ3v) is 3.98. The zero-order valence-electron chi connectivity index (χ0n) is 12.5. The number of nitrogens with zero attached hydrogens (tertiary/aromatic N) is 3. The number of carbonyl (C=O) groups is 1. The minimum atomic E-state index is -0.467. The molecule has 1 amide bonds. The lowest BCUT2D eigenvalue weighted by Gasteiger charge is -2.34. The number of hydrogen-bond donors (Lipinski definition) is 1. The van der Waals surface area contributed by atoms with Crippen molar-refractivity contribution >= 4 is 11.7 Å². The first-order valence-electron chi connectivity index (χ1n) is 7.38. The summed E-state index contributed by atoms with van der Waals surface area (Å²) in [4.78, 5) is 25.1. The average Bonchev–Trinajstić information content (AvgIpc) is 2.87. The fraction of sp³-hybridized carbons (Fsp3) is 0.643. The van der Waals surface area contributed by atoms with Gasteiger partial charge in [0.2, 0.25) is 0 Å². The van der Waals surface area contributed by atoms with Crippen molar-refractivity contribution in [2.45, 2.75) is 32.2 Å². The molecule has 2 heterocycles. The summed E-state index contributed by atoms with van der Waals surface area (Å²) in [5.74, 6) is -0.167. The Morgan fingerprint density at radius 2 is 2.14 bits per heavy atom. The quantitative estimate of drug-likeness (QED) is 0.660. The van der Waals surface area contributed by atoms with Gasteiger partial charge < -0.3 is 20.3 Å². The van der Waals surface area contributed by atoms with E-state index in [9.17, 15) is 14.9 Å². The highest BCUT2D eigenvalue weighted by atomic mass is 16.6. The molecular formula is C14H22N4O3. The first-order valence-corrected chi connectivity index (χ1v) is 7.38. The van der Waals surface area contributed by atoms with Gasteiger partial charge in [0.1, 0.15) is 0 Å². The van der Waals surface area contributed by atoms with Crippen molar-refractivity contribution < 1.29 is 9.72 Å². The molecule has 0 atom stereocenters. The number of rotatable bonds is 5. The standard InChI is InChI=1S/C14H22N4O3/c1-3-10-17(11-6-8-15-9-7-11)14(19)12-4-5-13(16(12)2)18(20)21/h4-5,11,15H,3,6-10H2,1-2H3. The summed E-state index contributed by atoms with van der Waals surface area (Å²) in [6, 6.07) is 3.15. The normalized spacial score (nSPS) is 15.9. The monoisotopic (exact) mass is 294 g/mol. The van der Waals surface area contributed by atoms with E-state index in [1.807, 2.05) is 11.8 Å². The molecule has 0 aromatic carbocycles. The van der Waals surface area contributed by atoms with Crippen LogP contribution in [0, 0.1) is 10.1 Å². The molecule has 0 aliphatic carbocycles. The van der Waals surface area contributed by atoms with Crippen LogP contribution >= 0.6 is 0 Å². The van der Waals surface area contributed by atoms with Crippen LogP contribution in [-0.2, 0) is 7.05 Å². The summed E-state index contributed by atoms with van der Waals surface area (Å²) in [5, 5.41) is 14.2. The van der Waals surface area contributed by atoms with E-state index < -0.39 is 4.92 Å². The van der Waals surface area contributed by atoms with Gasteiger partial charge in [-0.25, -0.2) is 4.57 Å². The number of hydrogen-bond acceptors (Lipinski definition) is 4. The molecular weight excluding hydrogens is 272 g/mol. The van der Waals surface area contributed by atoms with Gasteiger partial charge in [0.15, 0.2) is 5.69 Å². The van der Waals surface area contributed by atoms with Crippen LogP contribution in [0.25, 0.3) is 0 Å². The smallest absolute Gasteiger partial charge is 0.323 e. The Labute approximate surface area is 124 Å². The van der Waals surface area contributed by atoms with Crippen LogP contribution in [0.1, 0.15) is 36.7 Å². The van der Waals surface area contributed by atoms with Crippen molar-refractivity contribution in [2.75, 3.05) is 19.6 Å². The molecule has 0 bridgehead atoms. The molecule has 0 spiro atoms. The molecule has 1 fully saturated rings. The van der Waals surface area contributed by atoms with Crippen LogP contribution in [0.15, 0.2) is 12.1 Å². The van der Waals surface area contributed by atoms with Gasteiger partial charge in [-0.1, -0.05) is 6.92 Å². The van der Waals surface area contributed by atoms with Gasteiger partial charge >= 0.3 is 5.82 Å². The number of nitro groups is 1. The SMILES string of the molecule is CCCN(C(=O)c1ccc([N+](=O)[O-])n1C)C1CCNCC1. The second kappa shape index (κ2) is 6.71. The predicted octanol–water partition coefficient (Wildman–Crippen LogP) is 1.54. The first-order chi connectivity index (χ1) is 10.1. The third-order valence-electron chi connectivity index (χ3n) is 3.98. The summed E-state index contributed by atoms with van der Waals surface area (Å²) in [6.07, 6.45) is 2.73. The molecule has 1 aromatic rings. The van der Waals surface area contributed by atoms with E-state index in [0.29, 0.717) is 12.2 Å². The molecule has 0 unspecified atom stereocenters. The Hall–Kier alpha value is -1.89. The largest absolute Gasteiger partial charge is 0.358 e. The summed E-state index contributed by atoms with van der Waals surface area (Å²) < 4.78 is 1.37. The highest BCUT2D eigenvalue weighted by Crippen LogP contribution is 2.20. The van der Waals surface area contributed by atoms with Crippen LogP contribution in [0.4, 0.5) is 5.82 Å². The Morgan fingerprint density at radius 3 is 2.67 bits per heavy atom. The molecule has 1 aliphatic heterocycles. The van der Waals surface area contributed by atoms with Crippen molar-refractivity contribution in [1.29, 1.82) is 0 Å². The lowest BCUT2D eigenvalue weighted by molar-refractivity contribution is -0.391. The number of amides is 1. The minimum Gasteiger partial charge on any atom is -0.358 e. The maximum absolute atomic E-state index is 12.8. The van der Waals surface area contributed by atoms with Crippen LogP contribution in [0.2, 0.25) is 0 Å². The number of piperidine rings is 1. The lowest BCUT2D eigenvalue weighted by atomic mass is 10.0. The Morgan fingerprint density at radius 1 is 1.48 bits per heavy atom. The molecule has 116 valence electrons. The fourth-order valence-electron chi connectivity index (χ4n) is 2.85. The second-order valence-corrected chi connectivity index (χ2v) is 5.37. The van der Waals surface area contributed by atoms with Crippen molar-refractivity contribution in [3.05, 3.63) is 27.9 Å². The zero-order chi connectivity index (χ0) is 15.4. The molecule has 0 radical (unpaired) electrons. The molecule has 1 N–H and O–H groups in total. The number of nitrogens with one attached hydrogen (secondary N) is 1. The minimum absolute atomic E-state index is 0.0555. The number of aromatic nitrogens is 1. The molecule has 0 saturated carbocycles. The van der Waals surface area contributed by atoms with E-state index in [4.69, 9.17) is 0 Å². The zero-order valence-corrected chi connectivity index (χ0v) is 12.5. The van der Waals surface area contributed by atoms with Gasteiger partial charge in [0.05, 0.1) is 7.05 Å². The fourth-order valence-corrected chi connectivity index (χ4v) is 2.85. The highest BCUT2D eigenvalue weighted by molar-refractivity contribution is 5.93. The summed E-state index contributed by atoms with van der Waals surface area (Å²) in [6.45, 7) is 4.54. The topological polar surface area (TPSA) is 80.4 Å². The van der Waals surface area contributed by atoms with Crippen molar-refractivity contribution in [2.24, 2.45) is 7.05 Å². The van der Waals surface area contributed by atoms with Crippen LogP contribution < -0.4 is 5.32 Å². The van der Waals surface area contributed by atoms with Crippen molar-refractivity contribution in [3.63, 3.8) is 0 Å². The van der Waals surface area contributed by atoms with Gasteiger partial charge in [-0.15, -0.1) is 0 Å². The molecule has 2 rings (SSSR count). The predicted molar refractivity (Wildman–Crippen MR) is 79.3 cm³/mol. The van der Waals surface area contributed by atoms with E-state index >= 15 is 0 Å². The Bertz CT molecular complexity index is 520. The molecule has 1 aromatic heterocycles. The maximum atomic E-state index is 12.8. The number of carbonyl (C=O) groups excluding carboxylic acids is 1. The second-order valence-electron chi connectivity index (χ2n) is 5.37. The van der Waals surface area contributed by atoms with E-state index in [0.717, 1.165) is 32.4 Å². The Kier molecular flexibility index (Phi) is 4.95. The summed E-state index contributed by atoms with van der Waals surface area (Å²) >= 11 is 0.